The molecule has 1 fully saturated rings. The van der Waals surface area contributed by atoms with E-state index in [4.69, 9.17) is 4.74 Å². The summed E-state index contributed by atoms with van der Waals surface area (Å²) in [5.74, 6) is 0.929. The highest BCUT2D eigenvalue weighted by Crippen LogP contribution is 2.31. The number of aliphatic hydroxyl groups excluding tert-OH is 1. The van der Waals surface area contributed by atoms with Gasteiger partial charge in [0.05, 0.1) is 7.11 Å². The molecule has 19 heavy (non-hydrogen) atoms. The summed E-state index contributed by atoms with van der Waals surface area (Å²) < 4.78 is 5.14. The molecule has 1 N–H and O–H groups in total. The molecule has 1 aliphatic heterocycles. The molecule has 1 aromatic rings. The lowest BCUT2D eigenvalue weighted by Gasteiger charge is -2.27. The number of hydrogen-bond acceptors (Lipinski definition) is 4. The van der Waals surface area contributed by atoms with Crippen LogP contribution in [0.4, 0.5) is 0 Å². The van der Waals surface area contributed by atoms with E-state index in [1.807, 2.05) is 36.1 Å². The quantitative estimate of drug-likeness (QED) is 0.902. The minimum absolute atomic E-state index is 0.0456. The fourth-order valence-corrected chi connectivity index (χ4v) is 2.63. The molecule has 0 bridgehead atoms. The van der Waals surface area contributed by atoms with Crippen LogP contribution in [0, 0.1) is 5.92 Å². The van der Waals surface area contributed by atoms with Crippen molar-refractivity contribution in [1.29, 1.82) is 0 Å². The SMILES string of the molecule is COc1ccc([C@@H](C)N2C[C@H](C(C)=O)CC2O)cc1. The first-order chi connectivity index (χ1) is 9.02. The number of ether oxygens (including phenoxy) is 1. The van der Waals surface area contributed by atoms with Crippen LogP contribution >= 0.6 is 0 Å². The third-order valence-corrected chi connectivity index (χ3v) is 3.98. The third kappa shape index (κ3) is 2.96. The topological polar surface area (TPSA) is 49.8 Å². The van der Waals surface area contributed by atoms with E-state index < -0.39 is 6.23 Å². The zero-order valence-electron chi connectivity index (χ0n) is 11.7. The maximum atomic E-state index is 11.4. The summed E-state index contributed by atoms with van der Waals surface area (Å²) in [5, 5.41) is 10.1. The molecule has 0 saturated carbocycles. The predicted octanol–water partition coefficient (Wildman–Crippen LogP) is 1.99. The monoisotopic (exact) mass is 263 g/mol. The smallest absolute Gasteiger partial charge is 0.134 e. The van der Waals surface area contributed by atoms with Gasteiger partial charge in [0, 0.05) is 18.5 Å². The van der Waals surface area contributed by atoms with Crippen molar-refractivity contribution in [1.82, 2.24) is 4.90 Å². The molecule has 3 atom stereocenters. The first-order valence-corrected chi connectivity index (χ1v) is 6.61. The average molecular weight is 263 g/mol. The van der Waals surface area contributed by atoms with Crippen LogP contribution in [0.15, 0.2) is 24.3 Å². The van der Waals surface area contributed by atoms with E-state index in [1.165, 1.54) is 0 Å². The first kappa shape index (κ1) is 14.0. The number of carbonyl (C=O) groups excluding carboxylic acids is 1. The van der Waals surface area contributed by atoms with Gasteiger partial charge in [-0.3, -0.25) is 9.69 Å². The van der Waals surface area contributed by atoms with E-state index >= 15 is 0 Å². The first-order valence-electron chi connectivity index (χ1n) is 6.61. The number of ketones is 1. The lowest BCUT2D eigenvalue weighted by Crippen LogP contribution is -2.32. The van der Waals surface area contributed by atoms with Crippen LogP contribution in [0.2, 0.25) is 0 Å². The van der Waals surface area contributed by atoms with Gasteiger partial charge in [0.2, 0.25) is 0 Å². The second-order valence-electron chi connectivity index (χ2n) is 5.17. The Bertz CT molecular complexity index is 443. The fourth-order valence-electron chi connectivity index (χ4n) is 2.63. The maximum Gasteiger partial charge on any atom is 0.134 e. The van der Waals surface area contributed by atoms with Gasteiger partial charge >= 0.3 is 0 Å². The number of hydrogen-bond donors (Lipinski definition) is 1. The molecule has 1 aliphatic rings. The molecule has 4 nitrogen and oxygen atoms in total. The van der Waals surface area contributed by atoms with Crippen LogP contribution < -0.4 is 4.74 Å². The van der Waals surface area contributed by atoms with E-state index in [-0.39, 0.29) is 17.7 Å². The molecule has 1 saturated heterocycles. The number of nitrogens with zero attached hydrogens (tertiary/aromatic N) is 1. The minimum Gasteiger partial charge on any atom is -0.497 e. The Morgan fingerprint density at radius 2 is 2.05 bits per heavy atom. The lowest BCUT2D eigenvalue weighted by atomic mass is 10.0. The van der Waals surface area contributed by atoms with Crippen molar-refractivity contribution in [2.75, 3.05) is 13.7 Å². The number of likely N-dealkylation sites (tertiary alicyclic amines) is 1. The highest BCUT2D eigenvalue weighted by molar-refractivity contribution is 5.78. The molecule has 4 heteroatoms. The minimum atomic E-state index is -0.536. The standard InChI is InChI=1S/C15H21NO3/c1-10(12-4-6-14(19-3)7-5-12)16-9-13(11(2)17)8-15(16)18/h4-7,10,13,15,18H,8-9H2,1-3H3/t10-,13-,15?/m1/s1. The van der Waals surface area contributed by atoms with Crippen molar-refractivity contribution < 1.29 is 14.6 Å². The van der Waals surface area contributed by atoms with Gasteiger partial charge in [0.15, 0.2) is 0 Å². The number of rotatable bonds is 4. The molecule has 1 unspecified atom stereocenters. The van der Waals surface area contributed by atoms with Crippen molar-refractivity contribution in [2.24, 2.45) is 5.92 Å². The van der Waals surface area contributed by atoms with Gasteiger partial charge in [0.1, 0.15) is 17.8 Å². The summed E-state index contributed by atoms with van der Waals surface area (Å²) in [4.78, 5) is 13.4. The van der Waals surface area contributed by atoms with Crippen LogP contribution in [0.25, 0.3) is 0 Å². The van der Waals surface area contributed by atoms with Gasteiger partial charge in [0.25, 0.3) is 0 Å². The van der Waals surface area contributed by atoms with Crippen molar-refractivity contribution >= 4 is 5.78 Å². The van der Waals surface area contributed by atoms with Crippen LogP contribution in [0.5, 0.6) is 5.75 Å². The van der Waals surface area contributed by atoms with Crippen molar-refractivity contribution in [3.63, 3.8) is 0 Å². The lowest BCUT2D eigenvalue weighted by molar-refractivity contribution is -0.120. The Hall–Kier alpha value is -1.39. The van der Waals surface area contributed by atoms with Crippen molar-refractivity contribution in [3.05, 3.63) is 29.8 Å². The van der Waals surface area contributed by atoms with Gasteiger partial charge < -0.3 is 9.84 Å². The van der Waals surface area contributed by atoms with Crippen LogP contribution in [0.1, 0.15) is 31.9 Å². The molecule has 0 radical (unpaired) electrons. The predicted molar refractivity (Wildman–Crippen MR) is 72.9 cm³/mol. The maximum absolute atomic E-state index is 11.4. The number of aliphatic hydroxyl groups is 1. The average Bonchev–Trinajstić information content (AvgIpc) is 2.80. The van der Waals surface area contributed by atoms with E-state index in [0.29, 0.717) is 13.0 Å². The number of benzene rings is 1. The van der Waals surface area contributed by atoms with E-state index in [0.717, 1.165) is 11.3 Å². The van der Waals surface area contributed by atoms with E-state index in [2.05, 4.69) is 0 Å². The molecule has 0 aromatic heterocycles. The Morgan fingerprint density at radius 1 is 1.42 bits per heavy atom. The van der Waals surface area contributed by atoms with Crippen LogP contribution in [-0.4, -0.2) is 35.7 Å². The summed E-state index contributed by atoms with van der Waals surface area (Å²) in [7, 11) is 1.64. The molecule has 2 rings (SSSR count). The second kappa shape index (κ2) is 5.72. The highest BCUT2D eigenvalue weighted by atomic mass is 16.5. The summed E-state index contributed by atoms with van der Waals surface area (Å²) >= 11 is 0. The number of methoxy groups -OCH3 is 1. The van der Waals surface area contributed by atoms with Gasteiger partial charge in [-0.25, -0.2) is 0 Å². The van der Waals surface area contributed by atoms with E-state index in [1.54, 1.807) is 14.0 Å². The molecular formula is C15H21NO3. The normalized spacial score (nSPS) is 25.3. The molecule has 0 amide bonds. The van der Waals surface area contributed by atoms with Gasteiger partial charge in [-0.15, -0.1) is 0 Å². The Kier molecular flexibility index (Phi) is 4.22. The second-order valence-corrected chi connectivity index (χ2v) is 5.17. The molecule has 1 heterocycles. The fraction of sp³-hybridized carbons (Fsp3) is 0.533. The Morgan fingerprint density at radius 3 is 2.53 bits per heavy atom. The number of Topliss-reactive ketones (excluding diaryl/α,β-unsaturated/α-hetero) is 1. The Balaban J connectivity index is 2.10. The Labute approximate surface area is 114 Å². The van der Waals surface area contributed by atoms with Crippen molar-refractivity contribution in [3.8, 4) is 5.75 Å². The van der Waals surface area contributed by atoms with Gasteiger partial charge in [-0.2, -0.15) is 0 Å². The molecule has 0 spiro atoms. The van der Waals surface area contributed by atoms with Crippen molar-refractivity contribution in [2.45, 2.75) is 32.5 Å². The highest BCUT2D eigenvalue weighted by Gasteiger charge is 2.36. The summed E-state index contributed by atoms with van der Waals surface area (Å²) in [6.45, 7) is 4.27. The summed E-state index contributed by atoms with van der Waals surface area (Å²) in [5.41, 5.74) is 1.11. The largest absolute Gasteiger partial charge is 0.497 e. The van der Waals surface area contributed by atoms with Gasteiger partial charge in [-0.05, 0) is 38.0 Å². The third-order valence-electron chi connectivity index (χ3n) is 3.98. The zero-order valence-corrected chi connectivity index (χ0v) is 11.7. The van der Waals surface area contributed by atoms with Crippen LogP contribution in [-0.2, 0) is 4.79 Å². The zero-order chi connectivity index (χ0) is 14.0. The summed E-state index contributed by atoms with van der Waals surface area (Å²) in [6.07, 6.45) is 0.00142. The molecule has 1 aromatic carbocycles. The molecular weight excluding hydrogens is 242 g/mol. The van der Waals surface area contributed by atoms with Gasteiger partial charge in [-0.1, -0.05) is 12.1 Å². The van der Waals surface area contributed by atoms with Crippen LogP contribution in [0.3, 0.4) is 0 Å². The molecule has 104 valence electrons. The summed E-state index contributed by atoms with van der Waals surface area (Å²) in [6, 6.07) is 7.91. The number of carbonyl (C=O) groups is 1. The van der Waals surface area contributed by atoms with E-state index in [9.17, 15) is 9.90 Å². The molecule has 0 aliphatic carbocycles.